The van der Waals surface area contributed by atoms with Gasteiger partial charge < -0.3 is 10.6 Å². The molecule has 0 amide bonds. The molecule has 0 aromatic heterocycles. The van der Waals surface area contributed by atoms with Gasteiger partial charge in [-0.15, -0.1) is 0 Å². The Balaban J connectivity index is 2.37. The fourth-order valence-electron chi connectivity index (χ4n) is 1.90. The summed E-state index contributed by atoms with van der Waals surface area (Å²) in [6.45, 7) is 5.60. The van der Waals surface area contributed by atoms with Crippen molar-refractivity contribution in [1.29, 1.82) is 0 Å². The Kier molecular flexibility index (Phi) is 2.30. The van der Waals surface area contributed by atoms with E-state index in [1.54, 1.807) is 0 Å². The van der Waals surface area contributed by atoms with Gasteiger partial charge in [-0.05, 0) is 35.3 Å². The minimum absolute atomic E-state index is 0.536. The van der Waals surface area contributed by atoms with Crippen molar-refractivity contribution in [3.05, 3.63) is 35.9 Å². The molecule has 1 aromatic rings. The average molecular weight is 188 g/mol. The molecule has 2 N–H and O–H groups in total. The van der Waals surface area contributed by atoms with E-state index < -0.39 is 0 Å². The Morgan fingerprint density at radius 2 is 2.36 bits per heavy atom. The maximum absolute atomic E-state index is 5.57. The van der Waals surface area contributed by atoms with Crippen molar-refractivity contribution in [3.63, 3.8) is 0 Å². The van der Waals surface area contributed by atoms with Crippen LogP contribution in [-0.4, -0.2) is 20.1 Å². The second-order valence-corrected chi connectivity index (χ2v) is 3.82. The van der Waals surface area contributed by atoms with Gasteiger partial charge in [-0.25, -0.2) is 0 Å². The molecular weight excluding hydrogens is 172 g/mol. The molecule has 1 aliphatic heterocycles. The number of hydrogen-bond acceptors (Lipinski definition) is 2. The molecule has 0 saturated heterocycles. The highest BCUT2D eigenvalue weighted by atomic mass is 15.1. The quantitative estimate of drug-likeness (QED) is 0.764. The van der Waals surface area contributed by atoms with Gasteiger partial charge in [0.15, 0.2) is 0 Å². The van der Waals surface area contributed by atoms with E-state index in [0.29, 0.717) is 6.54 Å². The zero-order valence-electron chi connectivity index (χ0n) is 8.59. The Morgan fingerprint density at radius 3 is 3.07 bits per heavy atom. The molecule has 2 heteroatoms. The number of likely N-dealkylation sites (N-methyl/N-ethyl adjacent to an activating group) is 1. The SMILES string of the molecule is C=C(CN)c1ccc2c(c1)CCN2C. The predicted octanol–water partition coefficient (Wildman–Crippen LogP) is 1.65. The topological polar surface area (TPSA) is 29.3 Å². The Morgan fingerprint density at radius 1 is 1.57 bits per heavy atom. The summed E-state index contributed by atoms with van der Waals surface area (Å²) >= 11 is 0. The largest absolute Gasteiger partial charge is 0.374 e. The highest BCUT2D eigenvalue weighted by molar-refractivity contribution is 5.70. The van der Waals surface area contributed by atoms with Gasteiger partial charge in [0.05, 0.1) is 0 Å². The molecule has 2 nitrogen and oxygen atoms in total. The first-order valence-corrected chi connectivity index (χ1v) is 4.94. The smallest absolute Gasteiger partial charge is 0.0397 e. The van der Waals surface area contributed by atoms with Crippen LogP contribution in [-0.2, 0) is 6.42 Å². The third-order valence-corrected chi connectivity index (χ3v) is 2.86. The van der Waals surface area contributed by atoms with Crippen LogP contribution in [0, 0.1) is 0 Å². The molecule has 0 radical (unpaired) electrons. The molecule has 0 fully saturated rings. The molecule has 2 rings (SSSR count). The summed E-state index contributed by atoms with van der Waals surface area (Å²) in [4.78, 5) is 2.28. The summed E-state index contributed by atoms with van der Waals surface area (Å²) in [5, 5.41) is 0. The van der Waals surface area contributed by atoms with Crippen LogP contribution in [0.25, 0.3) is 5.57 Å². The lowest BCUT2D eigenvalue weighted by atomic mass is 10.0. The second kappa shape index (κ2) is 3.46. The molecule has 14 heavy (non-hydrogen) atoms. The maximum atomic E-state index is 5.57. The van der Waals surface area contributed by atoms with Crippen molar-refractivity contribution < 1.29 is 0 Å². The Bertz CT molecular complexity index is 369. The zero-order valence-corrected chi connectivity index (χ0v) is 8.59. The van der Waals surface area contributed by atoms with Gasteiger partial charge in [0.2, 0.25) is 0 Å². The molecule has 0 bridgehead atoms. The molecule has 1 heterocycles. The molecule has 0 spiro atoms. The fourth-order valence-corrected chi connectivity index (χ4v) is 1.90. The number of anilines is 1. The van der Waals surface area contributed by atoms with E-state index in [0.717, 1.165) is 18.5 Å². The fraction of sp³-hybridized carbons (Fsp3) is 0.333. The maximum Gasteiger partial charge on any atom is 0.0397 e. The van der Waals surface area contributed by atoms with E-state index in [1.807, 2.05) is 0 Å². The monoisotopic (exact) mass is 188 g/mol. The summed E-state index contributed by atoms with van der Waals surface area (Å²) in [6.07, 6.45) is 1.14. The summed E-state index contributed by atoms with van der Waals surface area (Å²) < 4.78 is 0. The Labute approximate surface area is 85.0 Å². The van der Waals surface area contributed by atoms with Crippen LogP contribution < -0.4 is 10.6 Å². The first-order valence-electron chi connectivity index (χ1n) is 4.94. The van der Waals surface area contributed by atoms with Crippen molar-refractivity contribution in [2.45, 2.75) is 6.42 Å². The van der Waals surface area contributed by atoms with Gasteiger partial charge in [0, 0.05) is 25.8 Å². The Hall–Kier alpha value is -1.28. The van der Waals surface area contributed by atoms with Crippen molar-refractivity contribution in [1.82, 2.24) is 0 Å². The normalized spacial score (nSPS) is 14.3. The first kappa shape index (κ1) is 9.28. The van der Waals surface area contributed by atoms with Gasteiger partial charge in [-0.3, -0.25) is 0 Å². The highest BCUT2D eigenvalue weighted by Gasteiger charge is 2.15. The van der Waals surface area contributed by atoms with Crippen LogP contribution in [0.1, 0.15) is 11.1 Å². The van der Waals surface area contributed by atoms with Gasteiger partial charge in [0.25, 0.3) is 0 Å². The standard InChI is InChI=1S/C12H16N2/c1-9(8-13)10-3-4-12-11(7-10)5-6-14(12)2/h3-4,7H,1,5-6,8,13H2,2H3. The molecule has 0 atom stereocenters. The third-order valence-electron chi connectivity index (χ3n) is 2.86. The number of hydrogen-bond donors (Lipinski definition) is 1. The summed E-state index contributed by atoms with van der Waals surface area (Å²) in [7, 11) is 2.13. The lowest BCUT2D eigenvalue weighted by Crippen LogP contribution is -2.12. The van der Waals surface area contributed by atoms with E-state index in [1.165, 1.54) is 16.8 Å². The number of nitrogens with two attached hydrogens (primary N) is 1. The predicted molar refractivity (Wildman–Crippen MR) is 61.5 cm³/mol. The first-order chi connectivity index (χ1) is 6.72. The number of fused-ring (bicyclic) bond motifs is 1. The molecule has 0 saturated carbocycles. The van der Waals surface area contributed by atoms with Crippen molar-refractivity contribution in [2.24, 2.45) is 5.73 Å². The van der Waals surface area contributed by atoms with E-state index in [9.17, 15) is 0 Å². The molecular formula is C12H16N2. The molecule has 0 aliphatic carbocycles. The molecule has 1 aliphatic rings. The van der Waals surface area contributed by atoms with Crippen LogP contribution in [0.4, 0.5) is 5.69 Å². The zero-order chi connectivity index (χ0) is 10.1. The van der Waals surface area contributed by atoms with E-state index in [2.05, 4.69) is 36.7 Å². The summed E-state index contributed by atoms with van der Waals surface area (Å²) in [5.41, 5.74) is 10.5. The molecule has 74 valence electrons. The average Bonchev–Trinajstić information content (AvgIpc) is 2.59. The lowest BCUT2D eigenvalue weighted by molar-refractivity contribution is 0.956. The summed E-state index contributed by atoms with van der Waals surface area (Å²) in [5.74, 6) is 0. The van der Waals surface area contributed by atoms with Crippen LogP contribution in [0.2, 0.25) is 0 Å². The van der Waals surface area contributed by atoms with Gasteiger partial charge in [-0.1, -0.05) is 12.6 Å². The van der Waals surface area contributed by atoms with Crippen LogP contribution >= 0.6 is 0 Å². The second-order valence-electron chi connectivity index (χ2n) is 3.82. The summed E-state index contributed by atoms with van der Waals surface area (Å²) in [6, 6.07) is 6.49. The van der Waals surface area contributed by atoms with Crippen LogP contribution in [0.5, 0.6) is 0 Å². The van der Waals surface area contributed by atoms with Gasteiger partial charge in [-0.2, -0.15) is 0 Å². The lowest BCUT2D eigenvalue weighted by Gasteiger charge is -2.12. The van der Waals surface area contributed by atoms with E-state index >= 15 is 0 Å². The number of nitrogens with zero attached hydrogens (tertiary/aromatic N) is 1. The van der Waals surface area contributed by atoms with Crippen molar-refractivity contribution in [2.75, 3.05) is 25.0 Å². The number of benzene rings is 1. The minimum Gasteiger partial charge on any atom is -0.374 e. The number of rotatable bonds is 2. The van der Waals surface area contributed by atoms with E-state index in [4.69, 9.17) is 5.73 Å². The molecule has 1 aromatic carbocycles. The van der Waals surface area contributed by atoms with Crippen molar-refractivity contribution >= 4 is 11.3 Å². The third kappa shape index (κ3) is 1.42. The highest BCUT2D eigenvalue weighted by Crippen LogP contribution is 2.28. The van der Waals surface area contributed by atoms with Gasteiger partial charge in [0.1, 0.15) is 0 Å². The van der Waals surface area contributed by atoms with Gasteiger partial charge >= 0.3 is 0 Å². The van der Waals surface area contributed by atoms with Crippen LogP contribution in [0.15, 0.2) is 24.8 Å². The van der Waals surface area contributed by atoms with Crippen molar-refractivity contribution in [3.8, 4) is 0 Å². The van der Waals surface area contributed by atoms with E-state index in [-0.39, 0.29) is 0 Å². The minimum atomic E-state index is 0.536. The van der Waals surface area contributed by atoms with Crippen LogP contribution in [0.3, 0.4) is 0 Å². The molecule has 0 unspecified atom stereocenters.